The van der Waals surface area contributed by atoms with Crippen molar-refractivity contribution in [3.63, 3.8) is 0 Å². The molecule has 2 aliphatic heterocycles. The molecular weight excluding hydrogens is 240 g/mol. The molecule has 0 aliphatic carbocycles. The largest absolute Gasteiger partial charge is 0.336 e. The normalized spacial score (nSPS) is 24.0. The van der Waals surface area contributed by atoms with Crippen molar-refractivity contribution < 1.29 is 4.79 Å². The second-order valence-corrected chi connectivity index (χ2v) is 5.73. The van der Waals surface area contributed by atoms with Crippen LogP contribution in [0.4, 0.5) is 4.79 Å². The monoisotopic (exact) mass is 268 g/mol. The molecule has 2 amide bonds. The van der Waals surface area contributed by atoms with E-state index in [9.17, 15) is 4.79 Å². The number of hydrogen-bond acceptors (Lipinski definition) is 3. The van der Waals surface area contributed by atoms with E-state index in [1.54, 1.807) is 0 Å². The fourth-order valence-corrected chi connectivity index (χ4v) is 3.04. The van der Waals surface area contributed by atoms with Gasteiger partial charge in [0.2, 0.25) is 0 Å². The molecule has 0 bridgehead atoms. The lowest BCUT2D eigenvalue weighted by atomic mass is 9.99. The Bertz CT molecular complexity index is 279. The number of amides is 2. The van der Waals surface area contributed by atoms with Crippen LogP contribution in [-0.2, 0) is 0 Å². The highest BCUT2D eigenvalue weighted by Crippen LogP contribution is 2.12. The molecule has 2 saturated heterocycles. The van der Waals surface area contributed by atoms with Crippen molar-refractivity contribution in [3.8, 4) is 0 Å². The molecule has 0 saturated carbocycles. The van der Waals surface area contributed by atoms with E-state index in [0.717, 1.165) is 45.2 Å². The molecule has 110 valence electrons. The van der Waals surface area contributed by atoms with E-state index in [4.69, 9.17) is 0 Å². The van der Waals surface area contributed by atoms with Crippen molar-refractivity contribution in [1.29, 1.82) is 0 Å². The SMILES string of the molecule is CCCN(CCN1CCNC1=O)CC1CCCNC1. The van der Waals surface area contributed by atoms with Crippen LogP contribution in [0.2, 0.25) is 0 Å². The van der Waals surface area contributed by atoms with Gasteiger partial charge in [0.25, 0.3) is 0 Å². The average Bonchev–Trinajstić information content (AvgIpc) is 2.83. The van der Waals surface area contributed by atoms with Gasteiger partial charge in [-0.05, 0) is 44.8 Å². The number of urea groups is 1. The Morgan fingerprint density at radius 2 is 2.26 bits per heavy atom. The smallest absolute Gasteiger partial charge is 0.317 e. The lowest BCUT2D eigenvalue weighted by Gasteiger charge is -2.31. The predicted octanol–water partition coefficient (Wildman–Crippen LogP) is 0.723. The van der Waals surface area contributed by atoms with Crippen molar-refractivity contribution in [3.05, 3.63) is 0 Å². The minimum absolute atomic E-state index is 0.107. The van der Waals surface area contributed by atoms with Gasteiger partial charge in [-0.3, -0.25) is 0 Å². The summed E-state index contributed by atoms with van der Waals surface area (Å²) in [6.07, 6.45) is 3.84. The van der Waals surface area contributed by atoms with Gasteiger partial charge in [-0.2, -0.15) is 0 Å². The lowest BCUT2D eigenvalue weighted by Crippen LogP contribution is -2.42. The van der Waals surface area contributed by atoms with Crippen LogP contribution in [-0.4, -0.2) is 68.2 Å². The molecular formula is C14H28N4O. The third-order valence-electron chi connectivity index (χ3n) is 4.09. The van der Waals surface area contributed by atoms with Crippen molar-refractivity contribution in [2.45, 2.75) is 26.2 Å². The van der Waals surface area contributed by atoms with E-state index in [-0.39, 0.29) is 6.03 Å². The summed E-state index contributed by atoms with van der Waals surface area (Å²) in [7, 11) is 0. The molecule has 0 aromatic rings. The molecule has 0 spiro atoms. The maximum Gasteiger partial charge on any atom is 0.317 e. The summed E-state index contributed by atoms with van der Waals surface area (Å²) < 4.78 is 0. The van der Waals surface area contributed by atoms with Gasteiger partial charge in [0.1, 0.15) is 0 Å². The number of carbonyl (C=O) groups excluding carboxylic acids is 1. The summed E-state index contributed by atoms with van der Waals surface area (Å²) in [5.41, 5.74) is 0. The number of rotatable bonds is 7. The summed E-state index contributed by atoms with van der Waals surface area (Å²) in [6, 6.07) is 0.107. The molecule has 0 aromatic carbocycles. The number of nitrogens with zero attached hydrogens (tertiary/aromatic N) is 2. The van der Waals surface area contributed by atoms with Crippen molar-refractivity contribution in [2.75, 3.05) is 52.4 Å². The maximum atomic E-state index is 11.5. The van der Waals surface area contributed by atoms with Crippen LogP contribution in [0.3, 0.4) is 0 Å². The molecule has 2 fully saturated rings. The Morgan fingerprint density at radius 3 is 2.89 bits per heavy atom. The zero-order valence-electron chi connectivity index (χ0n) is 12.2. The third kappa shape index (κ3) is 4.66. The number of piperidine rings is 1. The molecule has 19 heavy (non-hydrogen) atoms. The minimum Gasteiger partial charge on any atom is -0.336 e. The highest BCUT2D eigenvalue weighted by Gasteiger charge is 2.21. The van der Waals surface area contributed by atoms with E-state index in [2.05, 4.69) is 22.5 Å². The molecule has 5 heteroatoms. The summed E-state index contributed by atoms with van der Waals surface area (Å²) >= 11 is 0. The lowest BCUT2D eigenvalue weighted by molar-refractivity contribution is 0.180. The Morgan fingerprint density at radius 1 is 1.37 bits per heavy atom. The molecule has 5 nitrogen and oxygen atoms in total. The van der Waals surface area contributed by atoms with E-state index in [1.807, 2.05) is 4.90 Å². The predicted molar refractivity (Wildman–Crippen MR) is 77.3 cm³/mol. The number of hydrogen-bond donors (Lipinski definition) is 2. The van der Waals surface area contributed by atoms with E-state index in [0.29, 0.717) is 0 Å². The number of carbonyl (C=O) groups is 1. The van der Waals surface area contributed by atoms with Gasteiger partial charge in [0.05, 0.1) is 0 Å². The third-order valence-corrected chi connectivity index (χ3v) is 4.09. The molecule has 2 heterocycles. The topological polar surface area (TPSA) is 47.6 Å². The summed E-state index contributed by atoms with van der Waals surface area (Å²) in [5, 5.41) is 6.35. The van der Waals surface area contributed by atoms with Crippen LogP contribution >= 0.6 is 0 Å². The van der Waals surface area contributed by atoms with Crippen molar-refractivity contribution in [2.24, 2.45) is 5.92 Å². The molecule has 2 aliphatic rings. The molecule has 0 aromatic heterocycles. The molecule has 0 radical (unpaired) electrons. The maximum absolute atomic E-state index is 11.5. The van der Waals surface area contributed by atoms with Crippen LogP contribution in [0.1, 0.15) is 26.2 Å². The Labute approximate surface area is 116 Å². The van der Waals surface area contributed by atoms with Crippen LogP contribution in [0.25, 0.3) is 0 Å². The van der Waals surface area contributed by atoms with Crippen molar-refractivity contribution in [1.82, 2.24) is 20.4 Å². The highest BCUT2D eigenvalue weighted by molar-refractivity contribution is 5.76. The number of nitrogens with one attached hydrogen (secondary N) is 2. The quantitative estimate of drug-likeness (QED) is 0.715. The van der Waals surface area contributed by atoms with Gasteiger partial charge in [-0.1, -0.05) is 6.92 Å². The van der Waals surface area contributed by atoms with Gasteiger partial charge in [-0.25, -0.2) is 4.79 Å². The van der Waals surface area contributed by atoms with Crippen LogP contribution in [0.5, 0.6) is 0 Å². The molecule has 2 rings (SSSR count). The Hall–Kier alpha value is -0.810. The van der Waals surface area contributed by atoms with Gasteiger partial charge in [0.15, 0.2) is 0 Å². The van der Waals surface area contributed by atoms with Gasteiger partial charge < -0.3 is 20.4 Å². The first-order valence-electron chi connectivity index (χ1n) is 7.75. The van der Waals surface area contributed by atoms with E-state index in [1.165, 1.54) is 32.4 Å². The average molecular weight is 268 g/mol. The fraction of sp³-hybridized carbons (Fsp3) is 0.929. The zero-order valence-corrected chi connectivity index (χ0v) is 12.2. The first-order valence-corrected chi connectivity index (χ1v) is 7.75. The van der Waals surface area contributed by atoms with Gasteiger partial charge in [0, 0.05) is 32.7 Å². The molecule has 1 unspecified atom stereocenters. The summed E-state index contributed by atoms with van der Waals surface area (Å²) in [4.78, 5) is 16.0. The highest BCUT2D eigenvalue weighted by atomic mass is 16.2. The minimum atomic E-state index is 0.107. The van der Waals surface area contributed by atoms with E-state index < -0.39 is 0 Å². The van der Waals surface area contributed by atoms with E-state index >= 15 is 0 Å². The summed E-state index contributed by atoms with van der Waals surface area (Å²) in [5.74, 6) is 0.785. The zero-order chi connectivity index (χ0) is 13.5. The van der Waals surface area contributed by atoms with Gasteiger partial charge in [-0.15, -0.1) is 0 Å². The molecule has 2 N–H and O–H groups in total. The van der Waals surface area contributed by atoms with Crippen LogP contribution in [0.15, 0.2) is 0 Å². The first kappa shape index (κ1) is 14.6. The summed E-state index contributed by atoms with van der Waals surface area (Å²) in [6.45, 7) is 10.4. The fourth-order valence-electron chi connectivity index (χ4n) is 3.04. The second kappa shape index (κ2) is 7.70. The van der Waals surface area contributed by atoms with Crippen molar-refractivity contribution >= 4 is 6.03 Å². The van der Waals surface area contributed by atoms with Crippen LogP contribution in [0, 0.1) is 5.92 Å². The first-order chi connectivity index (χ1) is 9.29. The Balaban J connectivity index is 1.73. The molecule has 1 atom stereocenters. The standard InChI is InChI=1S/C14H28N4O/c1-2-7-17(12-13-4-3-5-15-11-13)9-10-18-8-6-16-14(18)19/h13,15H,2-12H2,1H3,(H,16,19). The van der Waals surface area contributed by atoms with Gasteiger partial charge >= 0.3 is 6.03 Å². The Kier molecular flexibility index (Phi) is 5.92. The van der Waals surface area contributed by atoms with Crippen LogP contribution < -0.4 is 10.6 Å². The second-order valence-electron chi connectivity index (χ2n) is 5.73.